The average molecular weight is 158 g/mol. The predicted molar refractivity (Wildman–Crippen MR) is 49.7 cm³/mol. The summed E-state index contributed by atoms with van der Waals surface area (Å²) < 4.78 is 5.53. The van der Waals surface area contributed by atoms with E-state index in [0.29, 0.717) is 17.4 Å². The van der Waals surface area contributed by atoms with Crippen LogP contribution in [0.15, 0.2) is 0 Å². The Morgan fingerprint density at radius 3 is 1.91 bits per heavy atom. The van der Waals surface area contributed by atoms with Gasteiger partial charge in [-0.25, -0.2) is 0 Å². The second kappa shape index (κ2) is 4.10. The van der Waals surface area contributed by atoms with Gasteiger partial charge in [0, 0.05) is 6.61 Å². The molecule has 0 bridgehead atoms. The van der Waals surface area contributed by atoms with E-state index in [0.717, 1.165) is 6.61 Å². The highest BCUT2D eigenvalue weighted by Gasteiger charge is 2.25. The third-order valence-corrected chi connectivity index (χ3v) is 2.50. The zero-order chi connectivity index (χ0) is 9.07. The maximum atomic E-state index is 5.53. The summed E-state index contributed by atoms with van der Waals surface area (Å²) in [5.74, 6) is 0.613. The van der Waals surface area contributed by atoms with Crippen molar-refractivity contribution in [2.75, 3.05) is 6.61 Å². The minimum absolute atomic E-state index is 0.356. The molecule has 1 heteroatoms. The van der Waals surface area contributed by atoms with Crippen LogP contribution >= 0.6 is 0 Å². The van der Waals surface area contributed by atoms with E-state index in [1.54, 1.807) is 0 Å². The number of ether oxygens (including phenoxy) is 1. The molecule has 0 aliphatic rings. The van der Waals surface area contributed by atoms with Gasteiger partial charge in [0.15, 0.2) is 0 Å². The molecule has 0 N–H and O–H groups in total. The zero-order valence-electron chi connectivity index (χ0n) is 8.77. The molecule has 2 atom stereocenters. The zero-order valence-corrected chi connectivity index (χ0v) is 8.77. The molecule has 0 aliphatic heterocycles. The van der Waals surface area contributed by atoms with E-state index in [2.05, 4.69) is 34.6 Å². The quantitative estimate of drug-likeness (QED) is 0.613. The molecule has 0 aromatic carbocycles. The summed E-state index contributed by atoms with van der Waals surface area (Å²) in [5, 5.41) is 0. The molecule has 0 amide bonds. The van der Waals surface area contributed by atoms with E-state index >= 15 is 0 Å². The van der Waals surface area contributed by atoms with Crippen molar-refractivity contribution in [3.63, 3.8) is 0 Å². The Bertz CT molecular complexity index is 102. The van der Waals surface area contributed by atoms with Crippen LogP contribution in [0.2, 0.25) is 0 Å². The van der Waals surface area contributed by atoms with E-state index in [9.17, 15) is 0 Å². The van der Waals surface area contributed by atoms with Crippen LogP contribution in [0.25, 0.3) is 0 Å². The third-order valence-electron chi connectivity index (χ3n) is 2.50. The monoisotopic (exact) mass is 158 g/mol. The molecule has 0 saturated heterocycles. The molecule has 0 aromatic heterocycles. The summed E-state index contributed by atoms with van der Waals surface area (Å²) in [6, 6.07) is 0. The molecule has 0 aliphatic carbocycles. The normalized spacial score (nSPS) is 18.0. The third kappa shape index (κ3) is 3.76. The first-order chi connectivity index (χ1) is 4.89. The highest BCUT2D eigenvalue weighted by Crippen LogP contribution is 2.29. The van der Waals surface area contributed by atoms with Crippen molar-refractivity contribution >= 4 is 0 Å². The summed E-state index contributed by atoms with van der Waals surface area (Å²) in [6.07, 6.45) is 0.375. The first-order valence-electron chi connectivity index (χ1n) is 4.51. The Morgan fingerprint density at radius 1 is 1.18 bits per heavy atom. The molecule has 0 rings (SSSR count). The van der Waals surface area contributed by atoms with Crippen molar-refractivity contribution in [1.82, 2.24) is 0 Å². The summed E-state index contributed by atoms with van der Waals surface area (Å²) >= 11 is 0. The van der Waals surface area contributed by atoms with Gasteiger partial charge in [0.1, 0.15) is 0 Å². The molecule has 2 unspecified atom stereocenters. The van der Waals surface area contributed by atoms with Gasteiger partial charge >= 0.3 is 0 Å². The van der Waals surface area contributed by atoms with Gasteiger partial charge in [-0.15, -0.1) is 0 Å². The molecule has 0 fully saturated rings. The Labute approximate surface area is 71.1 Å². The number of hydrogen-bond acceptors (Lipinski definition) is 1. The summed E-state index contributed by atoms with van der Waals surface area (Å²) in [4.78, 5) is 0. The molecular formula is C10H22O. The van der Waals surface area contributed by atoms with Gasteiger partial charge in [-0.3, -0.25) is 0 Å². The van der Waals surface area contributed by atoms with E-state index < -0.39 is 0 Å². The van der Waals surface area contributed by atoms with Gasteiger partial charge in [0.05, 0.1) is 6.10 Å². The lowest BCUT2D eigenvalue weighted by Crippen LogP contribution is -2.29. The molecule has 0 radical (unpaired) electrons. The van der Waals surface area contributed by atoms with Crippen LogP contribution in [0.3, 0.4) is 0 Å². The fraction of sp³-hybridized carbons (Fsp3) is 1.00. The number of hydrogen-bond donors (Lipinski definition) is 0. The van der Waals surface area contributed by atoms with Crippen LogP contribution in [0.4, 0.5) is 0 Å². The van der Waals surface area contributed by atoms with Gasteiger partial charge in [-0.2, -0.15) is 0 Å². The van der Waals surface area contributed by atoms with Crippen LogP contribution in [0.5, 0.6) is 0 Å². The topological polar surface area (TPSA) is 9.23 Å². The van der Waals surface area contributed by atoms with Crippen LogP contribution in [0.1, 0.15) is 41.5 Å². The van der Waals surface area contributed by atoms with Gasteiger partial charge in [-0.1, -0.05) is 27.7 Å². The van der Waals surface area contributed by atoms with Crippen molar-refractivity contribution in [3.05, 3.63) is 0 Å². The Kier molecular flexibility index (Phi) is 4.09. The van der Waals surface area contributed by atoms with E-state index in [1.165, 1.54) is 0 Å². The van der Waals surface area contributed by atoms with Gasteiger partial charge < -0.3 is 4.74 Å². The Morgan fingerprint density at radius 2 is 1.64 bits per heavy atom. The summed E-state index contributed by atoms with van der Waals surface area (Å²) in [6.45, 7) is 14.0. The van der Waals surface area contributed by atoms with Crippen LogP contribution in [-0.4, -0.2) is 12.7 Å². The van der Waals surface area contributed by atoms with E-state index in [1.807, 2.05) is 6.92 Å². The van der Waals surface area contributed by atoms with Crippen molar-refractivity contribution < 1.29 is 4.74 Å². The largest absolute Gasteiger partial charge is 0.378 e. The molecule has 0 aromatic rings. The molecule has 0 heterocycles. The van der Waals surface area contributed by atoms with Crippen LogP contribution < -0.4 is 0 Å². The van der Waals surface area contributed by atoms with Crippen molar-refractivity contribution in [2.45, 2.75) is 47.6 Å². The van der Waals surface area contributed by atoms with Crippen LogP contribution in [0, 0.1) is 11.3 Å². The Hall–Kier alpha value is -0.0400. The molecular weight excluding hydrogens is 136 g/mol. The van der Waals surface area contributed by atoms with E-state index in [-0.39, 0.29) is 0 Å². The lowest BCUT2D eigenvalue weighted by Gasteiger charge is -2.32. The van der Waals surface area contributed by atoms with Crippen molar-refractivity contribution in [3.8, 4) is 0 Å². The maximum absolute atomic E-state index is 5.53. The molecule has 0 saturated carbocycles. The second-order valence-electron chi connectivity index (χ2n) is 4.32. The van der Waals surface area contributed by atoms with Crippen molar-refractivity contribution in [1.29, 1.82) is 0 Å². The SMILES string of the molecule is CCOC(C)C(C)C(C)(C)C. The predicted octanol–water partition coefficient (Wildman–Crippen LogP) is 3.09. The molecule has 0 spiro atoms. The molecule has 11 heavy (non-hydrogen) atoms. The minimum atomic E-state index is 0.356. The summed E-state index contributed by atoms with van der Waals surface area (Å²) in [5.41, 5.74) is 0.356. The van der Waals surface area contributed by atoms with Gasteiger partial charge in [0.2, 0.25) is 0 Å². The molecule has 1 nitrogen and oxygen atoms in total. The second-order valence-corrected chi connectivity index (χ2v) is 4.32. The van der Waals surface area contributed by atoms with Crippen molar-refractivity contribution in [2.24, 2.45) is 11.3 Å². The first kappa shape index (κ1) is 11.0. The smallest absolute Gasteiger partial charge is 0.0577 e. The number of rotatable bonds is 3. The fourth-order valence-corrected chi connectivity index (χ4v) is 1.11. The highest BCUT2D eigenvalue weighted by molar-refractivity contribution is 4.74. The fourth-order valence-electron chi connectivity index (χ4n) is 1.11. The lowest BCUT2D eigenvalue weighted by molar-refractivity contribution is 0.00103. The highest BCUT2D eigenvalue weighted by atomic mass is 16.5. The van der Waals surface area contributed by atoms with Gasteiger partial charge in [0.25, 0.3) is 0 Å². The maximum Gasteiger partial charge on any atom is 0.0577 e. The lowest BCUT2D eigenvalue weighted by atomic mass is 9.79. The standard InChI is InChI=1S/C10H22O/c1-7-11-9(3)8(2)10(4,5)6/h8-9H,7H2,1-6H3. The first-order valence-corrected chi connectivity index (χ1v) is 4.51. The minimum Gasteiger partial charge on any atom is -0.378 e. The molecule has 68 valence electrons. The van der Waals surface area contributed by atoms with Crippen LogP contribution in [-0.2, 0) is 4.74 Å². The van der Waals surface area contributed by atoms with Gasteiger partial charge in [-0.05, 0) is 25.2 Å². The summed E-state index contributed by atoms with van der Waals surface area (Å²) in [7, 11) is 0. The van der Waals surface area contributed by atoms with E-state index in [4.69, 9.17) is 4.74 Å². The Balaban J connectivity index is 3.91. The average Bonchev–Trinajstić information content (AvgIpc) is 1.85.